The molecule has 0 radical (unpaired) electrons. The van der Waals surface area contributed by atoms with Crippen LogP contribution < -0.4 is 4.90 Å². The molecule has 0 bridgehead atoms. The van der Waals surface area contributed by atoms with Crippen LogP contribution in [0.15, 0.2) is 115 Å². The fraction of sp³-hybridized carbons (Fsp3) is 0.0312. The Balaban J connectivity index is 1.55. The van der Waals surface area contributed by atoms with Crippen molar-refractivity contribution in [2.75, 3.05) is 4.90 Å². The van der Waals surface area contributed by atoms with Crippen molar-refractivity contribution in [3.8, 4) is 39.4 Å². The van der Waals surface area contributed by atoms with Gasteiger partial charge in [0.05, 0.1) is 23.0 Å². The number of nitrogens with zero attached hydrogens (tertiary/aromatic N) is 2. The van der Waals surface area contributed by atoms with Crippen molar-refractivity contribution < 1.29 is 0 Å². The normalized spacial score (nSPS) is 11.6. The van der Waals surface area contributed by atoms with Gasteiger partial charge in [0.2, 0.25) is 0 Å². The summed E-state index contributed by atoms with van der Waals surface area (Å²) < 4.78 is 0. The Morgan fingerprint density at radius 1 is 0.559 bits per heavy atom. The lowest BCUT2D eigenvalue weighted by Crippen LogP contribution is -2.10. The van der Waals surface area contributed by atoms with Crippen LogP contribution in [0.25, 0.3) is 33.4 Å². The Bertz CT molecular complexity index is 1510. The summed E-state index contributed by atoms with van der Waals surface area (Å²) in [6.45, 7) is 2.01. The van der Waals surface area contributed by atoms with Crippen LogP contribution in [-0.2, 0) is 0 Å². The van der Waals surface area contributed by atoms with Crippen molar-refractivity contribution >= 4 is 17.1 Å². The first-order valence-electron chi connectivity index (χ1n) is 11.4. The van der Waals surface area contributed by atoms with E-state index in [1.54, 1.807) is 0 Å². The molecule has 0 spiro atoms. The second-order valence-electron chi connectivity index (χ2n) is 8.62. The first-order chi connectivity index (χ1) is 16.7. The van der Waals surface area contributed by atoms with Crippen molar-refractivity contribution in [3.63, 3.8) is 0 Å². The van der Waals surface area contributed by atoms with Gasteiger partial charge >= 0.3 is 0 Å². The quantitative estimate of drug-likeness (QED) is 0.273. The summed E-state index contributed by atoms with van der Waals surface area (Å²) in [5.41, 5.74) is 12.1. The Hall–Kier alpha value is -4.61. The summed E-state index contributed by atoms with van der Waals surface area (Å²) in [4.78, 5) is 2.34. The van der Waals surface area contributed by atoms with Gasteiger partial charge in [-0.3, -0.25) is 0 Å². The molecule has 160 valence electrons. The predicted molar refractivity (Wildman–Crippen MR) is 140 cm³/mol. The molecule has 1 aliphatic rings. The highest BCUT2D eigenvalue weighted by Gasteiger charge is 2.25. The molecule has 0 atom stereocenters. The maximum atomic E-state index is 9.64. The predicted octanol–water partition coefficient (Wildman–Crippen LogP) is 8.65. The second-order valence-corrected chi connectivity index (χ2v) is 8.62. The van der Waals surface area contributed by atoms with E-state index in [1.165, 1.54) is 22.3 Å². The van der Waals surface area contributed by atoms with Crippen LogP contribution in [0.2, 0.25) is 0 Å². The Morgan fingerprint density at radius 3 is 1.65 bits per heavy atom. The maximum Gasteiger partial charge on any atom is 0.0998 e. The topological polar surface area (TPSA) is 27.0 Å². The zero-order valence-electron chi connectivity index (χ0n) is 18.9. The van der Waals surface area contributed by atoms with Crippen LogP contribution in [0.4, 0.5) is 17.1 Å². The van der Waals surface area contributed by atoms with E-state index in [0.717, 1.165) is 33.8 Å². The van der Waals surface area contributed by atoms with E-state index in [-0.39, 0.29) is 0 Å². The number of benzene rings is 5. The monoisotopic (exact) mass is 434 g/mol. The molecule has 1 aliphatic heterocycles. The number of para-hydroxylation sites is 2. The van der Waals surface area contributed by atoms with Crippen LogP contribution >= 0.6 is 0 Å². The molecule has 0 saturated carbocycles. The van der Waals surface area contributed by atoms with E-state index in [1.807, 2.05) is 19.1 Å². The summed E-state index contributed by atoms with van der Waals surface area (Å²) in [6, 6.07) is 42.7. The molecule has 0 saturated heterocycles. The van der Waals surface area contributed by atoms with Gasteiger partial charge in [-0.1, -0.05) is 84.9 Å². The minimum Gasteiger partial charge on any atom is -0.309 e. The van der Waals surface area contributed by atoms with Gasteiger partial charge in [-0.05, 0) is 65.1 Å². The molecule has 0 unspecified atom stereocenters. The highest BCUT2D eigenvalue weighted by molar-refractivity contribution is 6.02. The van der Waals surface area contributed by atoms with Gasteiger partial charge in [-0.15, -0.1) is 0 Å². The lowest BCUT2D eigenvalue weighted by molar-refractivity contribution is 1.29. The third-order valence-corrected chi connectivity index (χ3v) is 6.53. The van der Waals surface area contributed by atoms with Crippen LogP contribution in [0, 0.1) is 18.3 Å². The number of aryl methyl sites for hydroxylation is 1. The fourth-order valence-corrected chi connectivity index (χ4v) is 4.95. The Labute approximate surface area is 200 Å². The van der Waals surface area contributed by atoms with E-state index in [0.29, 0.717) is 5.56 Å². The molecule has 2 heteroatoms. The summed E-state index contributed by atoms with van der Waals surface area (Å²) in [5.74, 6) is 0. The number of rotatable bonds is 2. The lowest BCUT2D eigenvalue weighted by atomic mass is 9.95. The molecular weight excluding hydrogens is 412 g/mol. The SMILES string of the molecule is Cc1ccc(-c2ccc(N3c4ccccc4-c4ccccc4-c4ccccc43)cc2)c(C#N)c1. The maximum absolute atomic E-state index is 9.64. The minimum atomic E-state index is 0.702. The van der Waals surface area contributed by atoms with Crippen molar-refractivity contribution in [1.29, 1.82) is 5.26 Å². The number of fused-ring (bicyclic) bond motifs is 5. The summed E-state index contributed by atoms with van der Waals surface area (Å²) in [7, 11) is 0. The van der Waals surface area contributed by atoms with Gasteiger partial charge in [-0.2, -0.15) is 5.26 Å². The molecule has 1 heterocycles. The standard InChI is InChI=1S/C32H22N2/c1-22-14-19-26(24(20-22)21-33)23-15-17-25(18-16-23)34-31-12-6-4-10-29(31)27-8-2-3-9-28(27)30-11-5-7-13-32(30)34/h2-20H,1H3. The van der Waals surface area contributed by atoms with Gasteiger partial charge in [0, 0.05) is 16.8 Å². The highest BCUT2D eigenvalue weighted by atomic mass is 15.1. The van der Waals surface area contributed by atoms with E-state index >= 15 is 0 Å². The first-order valence-corrected chi connectivity index (χ1v) is 11.4. The van der Waals surface area contributed by atoms with Crippen molar-refractivity contribution in [2.24, 2.45) is 0 Å². The van der Waals surface area contributed by atoms with Crippen molar-refractivity contribution in [2.45, 2.75) is 6.92 Å². The van der Waals surface area contributed by atoms with E-state index in [2.05, 4.69) is 114 Å². The number of anilines is 3. The molecule has 0 fully saturated rings. The van der Waals surface area contributed by atoms with Gasteiger partial charge < -0.3 is 4.90 Å². The van der Waals surface area contributed by atoms with Gasteiger partial charge in [0.15, 0.2) is 0 Å². The summed E-state index contributed by atoms with van der Waals surface area (Å²) >= 11 is 0. The van der Waals surface area contributed by atoms with E-state index < -0.39 is 0 Å². The minimum absolute atomic E-state index is 0.702. The highest BCUT2D eigenvalue weighted by Crippen LogP contribution is 2.50. The molecule has 0 amide bonds. The lowest BCUT2D eigenvalue weighted by Gasteiger charge is -2.27. The van der Waals surface area contributed by atoms with Crippen LogP contribution in [0.3, 0.4) is 0 Å². The second kappa shape index (κ2) is 8.06. The van der Waals surface area contributed by atoms with Crippen LogP contribution in [0.5, 0.6) is 0 Å². The Morgan fingerprint density at radius 2 is 1.09 bits per heavy atom. The molecule has 5 aromatic rings. The van der Waals surface area contributed by atoms with Crippen molar-refractivity contribution in [3.05, 3.63) is 126 Å². The number of hydrogen-bond acceptors (Lipinski definition) is 2. The summed E-state index contributed by atoms with van der Waals surface area (Å²) in [6.07, 6.45) is 0. The average molecular weight is 435 g/mol. The molecule has 0 aliphatic carbocycles. The summed E-state index contributed by atoms with van der Waals surface area (Å²) in [5, 5.41) is 9.64. The molecule has 5 aromatic carbocycles. The van der Waals surface area contributed by atoms with Crippen LogP contribution in [0.1, 0.15) is 11.1 Å². The molecule has 2 nitrogen and oxygen atoms in total. The third-order valence-electron chi connectivity index (χ3n) is 6.53. The smallest absolute Gasteiger partial charge is 0.0998 e. The van der Waals surface area contributed by atoms with Gasteiger partial charge in [-0.25, -0.2) is 0 Å². The largest absolute Gasteiger partial charge is 0.309 e. The van der Waals surface area contributed by atoms with E-state index in [4.69, 9.17) is 0 Å². The van der Waals surface area contributed by atoms with Crippen LogP contribution in [-0.4, -0.2) is 0 Å². The zero-order chi connectivity index (χ0) is 23.1. The number of nitriles is 1. The third kappa shape index (κ3) is 3.18. The molecule has 0 aromatic heterocycles. The molecule has 6 rings (SSSR count). The molecule has 0 N–H and O–H groups in total. The van der Waals surface area contributed by atoms with E-state index in [9.17, 15) is 5.26 Å². The molecule has 34 heavy (non-hydrogen) atoms. The van der Waals surface area contributed by atoms with Crippen molar-refractivity contribution in [1.82, 2.24) is 0 Å². The fourth-order valence-electron chi connectivity index (χ4n) is 4.95. The number of hydrogen-bond donors (Lipinski definition) is 0. The average Bonchev–Trinajstić information content (AvgIpc) is 3.02. The van der Waals surface area contributed by atoms with Gasteiger partial charge in [0.1, 0.15) is 0 Å². The Kier molecular flexibility index (Phi) is 4.75. The first kappa shape index (κ1) is 20.0. The van der Waals surface area contributed by atoms with Gasteiger partial charge in [0.25, 0.3) is 0 Å². The molecular formula is C32H22N2. The zero-order valence-corrected chi connectivity index (χ0v) is 18.9.